The Bertz CT molecular complexity index is 696. The summed E-state index contributed by atoms with van der Waals surface area (Å²) < 4.78 is 0.928. The fourth-order valence-electron chi connectivity index (χ4n) is 3.19. The molecule has 0 aliphatic heterocycles. The van der Waals surface area contributed by atoms with Gasteiger partial charge in [0.15, 0.2) is 0 Å². The lowest BCUT2D eigenvalue weighted by Gasteiger charge is -2.25. The van der Waals surface area contributed by atoms with Gasteiger partial charge in [-0.25, -0.2) is 4.79 Å². The highest BCUT2D eigenvalue weighted by atomic mass is 79.9. The van der Waals surface area contributed by atoms with E-state index in [4.69, 9.17) is 4.98 Å². The van der Waals surface area contributed by atoms with Crippen molar-refractivity contribution >= 4 is 32.8 Å². The summed E-state index contributed by atoms with van der Waals surface area (Å²) in [5, 5.41) is 10.4. The molecule has 1 heterocycles. The molecular formula is C16H16BrNO2. The number of hydrogen-bond donors (Lipinski definition) is 1. The molecule has 1 atom stereocenters. The molecule has 1 N–H and O–H groups in total. The Morgan fingerprint density at radius 1 is 1.50 bits per heavy atom. The van der Waals surface area contributed by atoms with Crippen molar-refractivity contribution in [1.82, 2.24) is 4.98 Å². The quantitative estimate of drug-likeness (QED) is 0.878. The summed E-state index contributed by atoms with van der Waals surface area (Å²) >= 11 is 3.43. The van der Waals surface area contributed by atoms with Crippen molar-refractivity contribution in [3.63, 3.8) is 0 Å². The van der Waals surface area contributed by atoms with Crippen molar-refractivity contribution < 1.29 is 9.90 Å². The molecule has 0 saturated heterocycles. The predicted octanol–water partition coefficient (Wildman–Crippen LogP) is 4.53. The number of carboxylic acids is 1. The fraction of sp³-hybridized carbons (Fsp3) is 0.375. The third kappa shape index (κ3) is 2.12. The lowest BCUT2D eigenvalue weighted by atomic mass is 9.82. The van der Waals surface area contributed by atoms with E-state index < -0.39 is 5.97 Å². The van der Waals surface area contributed by atoms with Crippen LogP contribution in [0.4, 0.5) is 0 Å². The van der Waals surface area contributed by atoms with Crippen molar-refractivity contribution in [1.29, 1.82) is 0 Å². The first kappa shape index (κ1) is 13.6. The average molecular weight is 334 g/mol. The minimum Gasteiger partial charge on any atom is -0.478 e. The minimum atomic E-state index is -0.840. The maximum atomic E-state index is 11.7. The van der Waals surface area contributed by atoms with E-state index >= 15 is 0 Å². The van der Waals surface area contributed by atoms with Crippen LogP contribution in [-0.2, 0) is 6.42 Å². The van der Waals surface area contributed by atoms with Crippen LogP contribution >= 0.6 is 15.9 Å². The number of fused-ring (bicyclic) bond motifs is 2. The van der Waals surface area contributed by atoms with Crippen LogP contribution < -0.4 is 0 Å². The van der Waals surface area contributed by atoms with Crippen molar-refractivity contribution in [3.05, 3.63) is 39.5 Å². The highest BCUT2D eigenvalue weighted by Gasteiger charge is 2.27. The van der Waals surface area contributed by atoms with Gasteiger partial charge in [0.25, 0.3) is 0 Å². The number of pyridine rings is 1. The number of nitrogens with zero attached hydrogens (tertiary/aromatic N) is 1. The monoisotopic (exact) mass is 333 g/mol. The summed E-state index contributed by atoms with van der Waals surface area (Å²) in [5.41, 5.74) is 3.18. The van der Waals surface area contributed by atoms with E-state index in [1.807, 2.05) is 18.2 Å². The summed E-state index contributed by atoms with van der Waals surface area (Å²) in [6.07, 6.45) is 4.00. The number of halogens is 1. The molecule has 3 nitrogen and oxygen atoms in total. The molecular weight excluding hydrogens is 318 g/mol. The van der Waals surface area contributed by atoms with Gasteiger partial charge in [-0.15, -0.1) is 0 Å². The Balaban J connectivity index is 2.38. The lowest BCUT2D eigenvalue weighted by Crippen LogP contribution is -2.16. The number of benzene rings is 1. The molecule has 0 amide bonds. The van der Waals surface area contributed by atoms with Crippen LogP contribution in [0.3, 0.4) is 0 Å². The van der Waals surface area contributed by atoms with Crippen LogP contribution in [0.5, 0.6) is 0 Å². The van der Waals surface area contributed by atoms with E-state index in [9.17, 15) is 9.90 Å². The maximum Gasteiger partial charge on any atom is 0.336 e. The molecule has 3 rings (SSSR count). The summed E-state index contributed by atoms with van der Waals surface area (Å²) in [6.45, 7) is 2.15. The minimum absolute atomic E-state index is 0.389. The highest BCUT2D eigenvalue weighted by molar-refractivity contribution is 9.10. The van der Waals surface area contributed by atoms with Gasteiger partial charge in [0, 0.05) is 21.5 Å². The molecule has 1 aliphatic rings. The Labute approximate surface area is 126 Å². The van der Waals surface area contributed by atoms with Gasteiger partial charge >= 0.3 is 5.97 Å². The number of carbonyl (C=O) groups is 1. The van der Waals surface area contributed by atoms with Crippen LogP contribution in [0.25, 0.3) is 10.9 Å². The highest BCUT2D eigenvalue weighted by Crippen LogP contribution is 2.37. The zero-order valence-corrected chi connectivity index (χ0v) is 12.9. The maximum absolute atomic E-state index is 11.7. The number of rotatable bonds is 2. The number of hydrogen-bond acceptors (Lipinski definition) is 2. The van der Waals surface area contributed by atoms with Crippen LogP contribution in [0, 0.1) is 0 Å². The number of carboxylic acid groups (broad SMARTS) is 1. The van der Waals surface area contributed by atoms with Gasteiger partial charge in [-0.2, -0.15) is 0 Å². The van der Waals surface area contributed by atoms with Gasteiger partial charge < -0.3 is 5.11 Å². The molecule has 1 aromatic carbocycles. The molecule has 1 aromatic heterocycles. The molecule has 104 valence electrons. The Morgan fingerprint density at radius 3 is 3.00 bits per heavy atom. The largest absolute Gasteiger partial charge is 0.478 e. The van der Waals surface area contributed by atoms with E-state index in [0.717, 1.165) is 52.3 Å². The average Bonchev–Trinajstić information content (AvgIpc) is 2.43. The predicted molar refractivity (Wildman–Crippen MR) is 82.4 cm³/mol. The molecule has 1 aliphatic carbocycles. The van der Waals surface area contributed by atoms with Crippen molar-refractivity contribution in [2.45, 2.75) is 38.5 Å². The SMILES string of the molecule is CCC1CCCc2c1nc1cc(Br)ccc1c2C(=O)O. The first-order valence-corrected chi connectivity index (χ1v) is 7.76. The zero-order chi connectivity index (χ0) is 14.3. The third-order valence-corrected chi connectivity index (χ3v) is 4.65. The Morgan fingerprint density at radius 2 is 2.30 bits per heavy atom. The van der Waals surface area contributed by atoms with Crippen LogP contribution in [0.1, 0.15) is 53.7 Å². The second-order valence-corrected chi connectivity index (χ2v) is 6.23. The molecule has 4 heteroatoms. The molecule has 1 unspecified atom stereocenters. The van der Waals surface area contributed by atoms with Gasteiger partial charge in [0.1, 0.15) is 0 Å². The molecule has 0 spiro atoms. The van der Waals surface area contributed by atoms with Gasteiger partial charge in [-0.05, 0) is 43.4 Å². The van der Waals surface area contributed by atoms with Gasteiger partial charge in [0.05, 0.1) is 11.1 Å². The zero-order valence-electron chi connectivity index (χ0n) is 11.3. The molecule has 0 saturated carbocycles. The molecule has 2 aromatic rings. The second kappa shape index (κ2) is 5.17. The molecule has 0 bridgehead atoms. The number of aromatic nitrogens is 1. The molecule has 0 fully saturated rings. The normalized spacial score (nSPS) is 18.0. The third-order valence-electron chi connectivity index (χ3n) is 4.15. The van der Waals surface area contributed by atoms with E-state index in [1.165, 1.54) is 0 Å². The Kier molecular flexibility index (Phi) is 3.50. The van der Waals surface area contributed by atoms with E-state index in [-0.39, 0.29) is 0 Å². The van der Waals surface area contributed by atoms with E-state index in [2.05, 4.69) is 22.9 Å². The summed E-state index contributed by atoms with van der Waals surface area (Å²) in [7, 11) is 0. The number of aromatic carboxylic acids is 1. The smallest absolute Gasteiger partial charge is 0.336 e. The van der Waals surface area contributed by atoms with Crippen molar-refractivity contribution in [3.8, 4) is 0 Å². The van der Waals surface area contributed by atoms with Crippen LogP contribution in [-0.4, -0.2) is 16.1 Å². The van der Waals surface area contributed by atoms with Crippen LogP contribution in [0.2, 0.25) is 0 Å². The second-order valence-electron chi connectivity index (χ2n) is 5.31. The van der Waals surface area contributed by atoms with E-state index in [1.54, 1.807) is 0 Å². The van der Waals surface area contributed by atoms with Gasteiger partial charge in [0.2, 0.25) is 0 Å². The summed E-state index contributed by atoms with van der Waals surface area (Å²) in [4.78, 5) is 16.5. The first-order chi connectivity index (χ1) is 9.61. The topological polar surface area (TPSA) is 50.2 Å². The fourth-order valence-corrected chi connectivity index (χ4v) is 3.54. The lowest BCUT2D eigenvalue weighted by molar-refractivity contribution is 0.0697. The standard InChI is InChI=1S/C16H16BrNO2/c1-2-9-4-3-5-12-14(16(19)20)11-7-6-10(17)8-13(11)18-15(9)12/h6-9H,2-5H2,1H3,(H,19,20). The molecule has 20 heavy (non-hydrogen) atoms. The van der Waals surface area contributed by atoms with E-state index in [0.29, 0.717) is 11.5 Å². The summed E-state index contributed by atoms with van der Waals surface area (Å²) in [5.74, 6) is -0.451. The Hall–Kier alpha value is -1.42. The van der Waals surface area contributed by atoms with Crippen LogP contribution in [0.15, 0.2) is 22.7 Å². The molecule has 0 radical (unpaired) electrons. The summed E-state index contributed by atoms with van der Waals surface area (Å²) in [6, 6.07) is 5.64. The van der Waals surface area contributed by atoms with Gasteiger partial charge in [-0.3, -0.25) is 4.98 Å². The van der Waals surface area contributed by atoms with Crippen molar-refractivity contribution in [2.75, 3.05) is 0 Å². The van der Waals surface area contributed by atoms with Gasteiger partial charge in [-0.1, -0.05) is 28.9 Å². The first-order valence-electron chi connectivity index (χ1n) is 6.97. The van der Waals surface area contributed by atoms with Crippen molar-refractivity contribution in [2.24, 2.45) is 0 Å².